The van der Waals surface area contributed by atoms with Gasteiger partial charge >= 0.3 is 0 Å². The third kappa shape index (κ3) is 5.09. The third-order valence-electron chi connectivity index (χ3n) is 7.88. The van der Waals surface area contributed by atoms with E-state index in [9.17, 15) is 9.59 Å². The van der Waals surface area contributed by atoms with Crippen LogP contribution < -0.4 is 16.0 Å². The Labute approximate surface area is 222 Å². The summed E-state index contributed by atoms with van der Waals surface area (Å²) in [4.78, 5) is 35.9. The molecule has 2 aromatic rings. The van der Waals surface area contributed by atoms with Gasteiger partial charge in [-0.2, -0.15) is 5.26 Å². The van der Waals surface area contributed by atoms with E-state index in [4.69, 9.17) is 10.7 Å². The molecule has 4 aliphatic rings. The van der Waals surface area contributed by atoms with E-state index < -0.39 is 0 Å². The average Bonchev–Trinajstić information content (AvgIpc) is 2.89. The number of nitrogens with one attached hydrogen (secondary N) is 4. The Morgan fingerprint density at radius 2 is 1.92 bits per heavy atom. The van der Waals surface area contributed by atoms with Gasteiger partial charge in [-0.15, -0.1) is 0 Å². The highest BCUT2D eigenvalue weighted by Crippen LogP contribution is 2.65. The molecule has 3 saturated carbocycles. The van der Waals surface area contributed by atoms with Crippen LogP contribution in [0.3, 0.4) is 0 Å². The Bertz CT molecular complexity index is 1290. The molecule has 10 heteroatoms. The number of allylic oxidation sites excluding steroid dienone is 1. The number of rotatable bonds is 9. The number of benzene rings is 1. The number of likely N-dealkylation sites (tertiary alicyclic amines) is 1. The van der Waals surface area contributed by atoms with Gasteiger partial charge in [0.1, 0.15) is 6.54 Å². The molecule has 0 unspecified atom stereocenters. The van der Waals surface area contributed by atoms with E-state index in [0.717, 1.165) is 62.2 Å². The van der Waals surface area contributed by atoms with Gasteiger partial charge in [0.15, 0.2) is 0 Å². The van der Waals surface area contributed by atoms with E-state index in [1.54, 1.807) is 36.7 Å². The molecule has 4 N–H and O–H groups in total. The van der Waals surface area contributed by atoms with Crippen LogP contribution in [-0.4, -0.2) is 58.6 Å². The van der Waals surface area contributed by atoms with E-state index >= 15 is 0 Å². The smallest absolute Gasteiger partial charge is 0.252 e. The van der Waals surface area contributed by atoms with Crippen molar-refractivity contribution in [3.63, 3.8) is 0 Å². The van der Waals surface area contributed by atoms with Gasteiger partial charge in [0.05, 0.1) is 22.9 Å². The van der Waals surface area contributed by atoms with Crippen LogP contribution in [0.4, 0.5) is 5.95 Å². The predicted octanol–water partition coefficient (Wildman–Crippen LogP) is 2.99. The summed E-state index contributed by atoms with van der Waals surface area (Å²) in [7, 11) is 0. The molecule has 38 heavy (non-hydrogen) atoms. The highest BCUT2D eigenvalue weighted by Gasteiger charge is 2.62. The molecule has 2 heterocycles. The molecule has 10 nitrogen and oxygen atoms in total. The van der Waals surface area contributed by atoms with E-state index in [-0.39, 0.29) is 23.9 Å². The maximum absolute atomic E-state index is 12.8. The molecule has 0 atom stereocenters. The molecule has 1 saturated heterocycles. The number of piperidine rings is 1. The van der Waals surface area contributed by atoms with E-state index in [1.807, 2.05) is 17.9 Å². The molecular weight excluding hydrogens is 480 g/mol. The van der Waals surface area contributed by atoms with Gasteiger partial charge in [0.2, 0.25) is 11.9 Å². The van der Waals surface area contributed by atoms with Crippen LogP contribution in [0.1, 0.15) is 48.0 Å². The van der Waals surface area contributed by atoms with Crippen LogP contribution in [0, 0.1) is 35.0 Å². The molecule has 1 aliphatic heterocycles. The third-order valence-corrected chi connectivity index (χ3v) is 7.88. The Morgan fingerprint density at radius 3 is 2.53 bits per heavy atom. The van der Waals surface area contributed by atoms with Crippen molar-refractivity contribution in [1.29, 1.82) is 10.7 Å². The Hall–Kier alpha value is -4.26. The first-order valence-electron chi connectivity index (χ1n) is 13.0. The number of nitrogens with zero attached hydrogens (tertiary/aromatic N) is 4. The first-order valence-corrected chi connectivity index (χ1v) is 13.0. The van der Waals surface area contributed by atoms with Crippen molar-refractivity contribution in [3.05, 3.63) is 53.5 Å². The number of aromatic nitrogens is 2. The van der Waals surface area contributed by atoms with E-state index in [2.05, 4.69) is 25.9 Å². The Balaban J connectivity index is 1.18. The number of carbonyl (C=O) groups excluding carboxylic acids is 2. The van der Waals surface area contributed by atoms with Crippen molar-refractivity contribution in [3.8, 4) is 17.3 Å². The summed E-state index contributed by atoms with van der Waals surface area (Å²) in [6.07, 6.45) is 9.73. The lowest BCUT2D eigenvalue weighted by atomic mass is 9.44. The van der Waals surface area contributed by atoms with Crippen molar-refractivity contribution in [2.75, 3.05) is 25.0 Å². The fourth-order valence-corrected chi connectivity index (χ4v) is 5.57. The van der Waals surface area contributed by atoms with Crippen LogP contribution in [-0.2, 0) is 4.79 Å². The number of amides is 2. The zero-order valence-electron chi connectivity index (χ0n) is 21.5. The average molecular weight is 513 g/mol. The fraction of sp³-hybridized carbons (Fsp3) is 0.429. The lowest BCUT2D eigenvalue weighted by molar-refractivity contribution is -0.177. The highest BCUT2D eigenvalue weighted by molar-refractivity contribution is 5.94. The molecule has 1 aromatic carbocycles. The van der Waals surface area contributed by atoms with Crippen LogP contribution >= 0.6 is 0 Å². The van der Waals surface area contributed by atoms with Crippen LogP contribution in [0.15, 0.2) is 42.4 Å². The fourth-order valence-electron chi connectivity index (χ4n) is 5.57. The minimum absolute atomic E-state index is 0.0102. The predicted molar refractivity (Wildman–Crippen MR) is 143 cm³/mol. The number of aryl methyl sites for hydroxylation is 1. The topological polar surface area (TPSA) is 147 Å². The van der Waals surface area contributed by atoms with Gasteiger partial charge in [-0.05, 0) is 62.6 Å². The summed E-state index contributed by atoms with van der Waals surface area (Å²) in [5, 5.41) is 25.5. The summed E-state index contributed by atoms with van der Waals surface area (Å²) in [5.74, 6) is 1.22. The molecule has 0 radical (unpaired) electrons. The van der Waals surface area contributed by atoms with Gasteiger partial charge in [0, 0.05) is 48.9 Å². The molecule has 196 valence electrons. The highest BCUT2D eigenvalue weighted by atomic mass is 16.2. The van der Waals surface area contributed by atoms with Crippen LogP contribution in [0.5, 0.6) is 0 Å². The number of nitriles is 1. The molecule has 2 amide bonds. The van der Waals surface area contributed by atoms with Crippen LogP contribution in [0.25, 0.3) is 11.3 Å². The molecule has 2 bridgehead atoms. The standard InChI is InChI=1S/C28H32N8O2/c1-18-16-33-27(35-24(18)20-2-4-21(5-3-20)25(37)31-9-8-29)34-23(15-30)17-32-22-6-10-36(11-7-22)26(38)28-12-19(13-28)14-28/h2-5,15-17,19,22,30,32H,6-7,9-14H2,1H3,(H,31,37)(H,33,34,35)/b23-17+,30-15?. The van der Waals surface area contributed by atoms with Gasteiger partial charge in [0.25, 0.3) is 5.91 Å². The molecule has 3 aliphatic carbocycles. The number of hydrogen-bond acceptors (Lipinski definition) is 8. The number of anilines is 1. The summed E-state index contributed by atoms with van der Waals surface area (Å²) < 4.78 is 0. The first-order chi connectivity index (χ1) is 18.4. The van der Waals surface area contributed by atoms with Crippen molar-refractivity contribution in [1.82, 2.24) is 25.5 Å². The minimum atomic E-state index is -0.306. The van der Waals surface area contributed by atoms with E-state index in [0.29, 0.717) is 28.8 Å². The molecule has 6 rings (SSSR count). The first kappa shape index (κ1) is 25.4. The second-order valence-corrected chi connectivity index (χ2v) is 10.5. The van der Waals surface area contributed by atoms with Crippen molar-refractivity contribution in [2.24, 2.45) is 11.3 Å². The second-order valence-electron chi connectivity index (χ2n) is 10.5. The second kappa shape index (κ2) is 10.6. The molecule has 0 spiro atoms. The Morgan fingerprint density at radius 1 is 1.21 bits per heavy atom. The van der Waals surface area contributed by atoms with Gasteiger partial charge < -0.3 is 26.3 Å². The van der Waals surface area contributed by atoms with Crippen molar-refractivity contribution in [2.45, 2.75) is 45.1 Å². The maximum atomic E-state index is 12.8. The molecule has 1 aromatic heterocycles. The normalized spacial score (nSPS) is 22.4. The van der Waals surface area contributed by atoms with Crippen molar-refractivity contribution >= 4 is 24.0 Å². The maximum Gasteiger partial charge on any atom is 0.252 e. The summed E-state index contributed by atoms with van der Waals surface area (Å²) in [6.45, 7) is 3.41. The number of carbonyl (C=O) groups is 2. The zero-order chi connectivity index (χ0) is 26.7. The summed E-state index contributed by atoms with van der Waals surface area (Å²) >= 11 is 0. The zero-order valence-corrected chi connectivity index (χ0v) is 21.5. The largest absolute Gasteiger partial charge is 0.386 e. The quantitative estimate of drug-likeness (QED) is 0.298. The Kier molecular flexibility index (Phi) is 7.09. The minimum Gasteiger partial charge on any atom is -0.386 e. The van der Waals surface area contributed by atoms with Gasteiger partial charge in [-0.1, -0.05) is 12.1 Å². The lowest BCUT2D eigenvalue weighted by Crippen LogP contribution is -2.62. The van der Waals surface area contributed by atoms with E-state index in [1.165, 1.54) is 6.21 Å². The summed E-state index contributed by atoms with van der Waals surface area (Å²) in [5.41, 5.74) is 3.38. The van der Waals surface area contributed by atoms with Crippen LogP contribution in [0.2, 0.25) is 0 Å². The SMILES string of the molecule is Cc1cnc(N/C(C=N)=C/NC2CCN(C(=O)C34CC(C3)C4)CC2)nc1-c1ccc(C(=O)NCC#N)cc1. The summed E-state index contributed by atoms with van der Waals surface area (Å²) in [6, 6.07) is 9.12. The van der Waals surface area contributed by atoms with Crippen molar-refractivity contribution < 1.29 is 9.59 Å². The lowest BCUT2D eigenvalue weighted by Gasteiger charge is -2.61. The van der Waals surface area contributed by atoms with Gasteiger partial charge in [-0.3, -0.25) is 9.59 Å². The number of hydrogen-bond donors (Lipinski definition) is 4. The molecule has 4 fully saturated rings. The molecular formula is C28H32N8O2. The van der Waals surface area contributed by atoms with Gasteiger partial charge in [-0.25, -0.2) is 9.97 Å². The monoisotopic (exact) mass is 512 g/mol.